The predicted octanol–water partition coefficient (Wildman–Crippen LogP) is 3.00. The normalized spacial score (nSPS) is 12.8. The summed E-state index contributed by atoms with van der Waals surface area (Å²) in [6, 6.07) is 15.5. The molecule has 0 saturated carbocycles. The van der Waals surface area contributed by atoms with Gasteiger partial charge in [-0.1, -0.05) is 24.3 Å². The summed E-state index contributed by atoms with van der Waals surface area (Å²) in [5.74, 6) is 1.51. The van der Waals surface area contributed by atoms with Gasteiger partial charge in [-0.3, -0.25) is 0 Å². The summed E-state index contributed by atoms with van der Waals surface area (Å²) in [6.07, 6.45) is 0. The lowest BCUT2D eigenvalue weighted by atomic mass is 10.00. The Morgan fingerprint density at radius 2 is 1.72 bits per heavy atom. The number of fused-ring (bicyclic) bond motifs is 1. The molecule has 1 aliphatic heterocycles. The minimum atomic E-state index is 0.566. The van der Waals surface area contributed by atoms with Crippen LogP contribution in [0.4, 0.5) is 0 Å². The second-order valence-corrected chi connectivity index (χ2v) is 4.02. The topological polar surface area (TPSA) is 42.2 Å². The van der Waals surface area contributed by atoms with Crippen molar-refractivity contribution in [2.24, 2.45) is 0 Å². The molecule has 0 aliphatic carbocycles. The van der Waals surface area contributed by atoms with Crippen molar-refractivity contribution in [2.45, 2.75) is 0 Å². The van der Waals surface area contributed by atoms with Gasteiger partial charge in [0.15, 0.2) is 11.5 Å². The molecule has 3 heteroatoms. The van der Waals surface area contributed by atoms with E-state index in [1.807, 2.05) is 42.5 Å². The van der Waals surface area contributed by atoms with E-state index in [-0.39, 0.29) is 0 Å². The van der Waals surface area contributed by atoms with Crippen LogP contribution in [0.15, 0.2) is 42.5 Å². The number of benzene rings is 2. The number of hydrogen-bond donors (Lipinski definition) is 0. The van der Waals surface area contributed by atoms with Crippen LogP contribution in [-0.4, -0.2) is 13.2 Å². The zero-order valence-electron chi connectivity index (χ0n) is 9.72. The fraction of sp³-hybridized carbons (Fsp3) is 0.133. The van der Waals surface area contributed by atoms with Crippen molar-refractivity contribution >= 4 is 0 Å². The fourth-order valence-electron chi connectivity index (χ4n) is 2.04. The molecule has 2 aromatic carbocycles. The molecule has 3 nitrogen and oxygen atoms in total. The Balaban J connectivity index is 2.10. The van der Waals surface area contributed by atoms with Crippen LogP contribution in [0.2, 0.25) is 0 Å². The molecule has 0 saturated heterocycles. The molecule has 2 aromatic rings. The van der Waals surface area contributed by atoms with Gasteiger partial charge in [0.05, 0.1) is 11.6 Å². The Morgan fingerprint density at radius 3 is 2.56 bits per heavy atom. The second kappa shape index (κ2) is 4.42. The molecule has 3 rings (SSSR count). The van der Waals surface area contributed by atoms with Crippen molar-refractivity contribution in [3.05, 3.63) is 48.0 Å². The second-order valence-electron chi connectivity index (χ2n) is 4.02. The SMILES string of the molecule is N#Cc1ccccc1-c1ccc2c(c1)OCCO2. The van der Waals surface area contributed by atoms with Crippen molar-refractivity contribution in [3.63, 3.8) is 0 Å². The van der Waals surface area contributed by atoms with E-state index in [1.54, 1.807) is 0 Å². The van der Waals surface area contributed by atoms with Crippen molar-refractivity contribution in [3.8, 4) is 28.7 Å². The largest absolute Gasteiger partial charge is 0.486 e. The number of rotatable bonds is 1. The molecule has 0 spiro atoms. The summed E-state index contributed by atoms with van der Waals surface area (Å²) in [5.41, 5.74) is 2.54. The third-order valence-corrected chi connectivity index (χ3v) is 2.90. The number of hydrogen-bond acceptors (Lipinski definition) is 3. The zero-order valence-corrected chi connectivity index (χ0v) is 9.72. The molecule has 0 bridgehead atoms. The van der Waals surface area contributed by atoms with Gasteiger partial charge in [0.1, 0.15) is 13.2 Å². The summed E-state index contributed by atoms with van der Waals surface area (Å²) < 4.78 is 11.0. The van der Waals surface area contributed by atoms with E-state index in [4.69, 9.17) is 14.7 Å². The average molecular weight is 237 g/mol. The molecule has 1 heterocycles. The molecule has 1 aliphatic rings. The summed E-state index contributed by atoms with van der Waals surface area (Å²) in [7, 11) is 0. The van der Waals surface area contributed by atoms with Crippen LogP contribution >= 0.6 is 0 Å². The number of nitriles is 1. The van der Waals surface area contributed by atoms with Crippen molar-refractivity contribution < 1.29 is 9.47 Å². The van der Waals surface area contributed by atoms with Crippen LogP contribution in [0.5, 0.6) is 11.5 Å². The number of ether oxygens (including phenoxy) is 2. The van der Waals surface area contributed by atoms with Gasteiger partial charge in [-0.05, 0) is 29.3 Å². The fourth-order valence-corrected chi connectivity index (χ4v) is 2.04. The quantitative estimate of drug-likeness (QED) is 0.765. The summed E-state index contributed by atoms with van der Waals surface area (Å²) in [6.45, 7) is 1.15. The van der Waals surface area contributed by atoms with Gasteiger partial charge in [0.25, 0.3) is 0 Å². The molecule has 0 unspecified atom stereocenters. The van der Waals surface area contributed by atoms with Gasteiger partial charge >= 0.3 is 0 Å². The van der Waals surface area contributed by atoms with Gasteiger partial charge in [0.2, 0.25) is 0 Å². The van der Waals surface area contributed by atoms with Crippen LogP contribution in [0.3, 0.4) is 0 Å². The zero-order chi connectivity index (χ0) is 12.4. The molecular weight excluding hydrogens is 226 g/mol. The first-order valence-corrected chi connectivity index (χ1v) is 5.77. The molecule has 0 radical (unpaired) electrons. The first-order chi connectivity index (χ1) is 8.88. The van der Waals surface area contributed by atoms with Crippen LogP contribution in [0, 0.1) is 11.3 Å². The van der Waals surface area contributed by atoms with Gasteiger partial charge in [-0.2, -0.15) is 5.26 Å². The monoisotopic (exact) mass is 237 g/mol. The maximum Gasteiger partial charge on any atom is 0.161 e. The Morgan fingerprint density at radius 1 is 0.944 bits per heavy atom. The first kappa shape index (κ1) is 10.7. The highest BCUT2D eigenvalue weighted by molar-refractivity contribution is 5.72. The van der Waals surface area contributed by atoms with E-state index in [9.17, 15) is 0 Å². The highest BCUT2D eigenvalue weighted by atomic mass is 16.6. The van der Waals surface area contributed by atoms with Crippen LogP contribution < -0.4 is 9.47 Å². The molecule has 0 amide bonds. The van der Waals surface area contributed by atoms with E-state index in [1.165, 1.54) is 0 Å². The van der Waals surface area contributed by atoms with Crippen molar-refractivity contribution in [1.29, 1.82) is 5.26 Å². The standard InChI is InChI=1S/C15H11NO2/c16-10-12-3-1-2-4-13(12)11-5-6-14-15(9-11)18-8-7-17-14/h1-6,9H,7-8H2. The van der Waals surface area contributed by atoms with Crippen LogP contribution in [0.1, 0.15) is 5.56 Å². The smallest absolute Gasteiger partial charge is 0.161 e. The third kappa shape index (κ3) is 1.78. The van der Waals surface area contributed by atoms with E-state index in [2.05, 4.69) is 6.07 Å². The maximum absolute atomic E-state index is 9.11. The average Bonchev–Trinajstić information content (AvgIpc) is 2.46. The van der Waals surface area contributed by atoms with E-state index >= 15 is 0 Å². The molecule has 0 aromatic heterocycles. The molecular formula is C15H11NO2. The first-order valence-electron chi connectivity index (χ1n) is 5.77. The third-order valence-electron chi connectivity index (χ3n) is 2.90. The van der Waals surface area contributed by atoms with E-state index in [0.29, 0.717) is 18.8 Å². The molecule has 18 heavy (non-hydrogen) atoms. The minimum absolute atomic E-state index is 0.566. The lowest BCUT2D eigenvalue weighted by Gasteiger charge is -2.19. The summed E-state index contributed by atoms with van der Waals surface area (Å²) in [5, 5.41) is 9.11. The van der Waals surface area contributed by atoms with Crippen molar-refractivity contribution in [1.82, 2.24) is 0 Å². The molecule has 0 N–H and O–H groups in total. The highest BCUT2D eigenvalue weighted by Gasteiger charge is 2.13. The van der Waals surface area contributed by atoms with E-state index in [0.717, 1.165) is 22.6 Å². The Bertz CT molecular complexity index is 629. The summed E-state index contributed by atoms with van der Waals surface area (Å²) >= 11 is 0. The van der Waals surface area contributed by atoms with Crippen LogP contribution in [0.25, 0.3) is 11.1 Å². The number of nitrogens with zero attached hydrogens (tertiary/aromatic N) is 1. The Labute approximate surface area is 105 Å². The Hall–Kier alpha value is -2.47. The predicted molar refractivity (Wildman–Crippen MR) is 67.6 cm³/mol. The molecule has 0 atom stereocenters. The summed E-state index contributed by atoms with van der Waals surface area (Å²) in [4.78, 5) is 0. The van der Waals surface area contributed by atoms with Gasteiger partial charge < -0.3 is 9.47 Å². The lowest BCUT2D eigenvalue weighted by Crippen LogP contribution is -2.15. The van der Waals surface area contributed by atoms with Crippen molar-refractivity contribution in [2.75, 3.05) is 13.2 Å². The molecule has 0 fully saturated rings. The van der Waals surface area contributed by atoms with Gasteiger partial charge in [-0.15, -0.1) is 0 Å². The van der Waals surface area contributed by atoms with E-state index < -0.39 is 0 Å². The van der Waals surface area contributed by atoms with Gasteiger partial charge in [-0.25, -0.2) is 0 Å². The Kier molecular flexibility index (Phi) is 2.62. The lowest BCUT2D eigenvalue weighted by molar-refractivity contribution is 0.171. The van der Waals surface area contributed by atoms with Gasteiger partial charge in [0, 0.05) is 0 Å². The maximum atomic E-state index is 9.11. The minimum Gasteiger partial charge on any atom is -0.486 e. The van der Waals surface area contributed by atoms with Crippen LogP contribution in [-0.2, 0) is 0 Å². The molecule has 88 valence electrons. The highest BCUT2D eigenvalue weighted by Crippen LogP contribution is 2.35.